The van der Waals surface area contributed by atoms with Crippen LogP contribution in [0.4, 0.5) is 17.5 Å². The molecule has 26 heteroatoms. The largest absolute Gasteiger partial charge is 0 e. The number of carbonyl (C=O) groups is 6. The van der Waals surface area contributed by atoms with Crippen LogP contribution in [-0.4, -0.2) is 126 Å². The van der Waals surface area contributed by atoms with E-state index in [9.17, 15) is 28.8 Å². The quantitative estimate of drug-likeness (QED) is 0.0799. The molecule has 0 fully saturated rings. The van der Waals surface area contributed by atoms with E-state index in [1.54, 1.807) is 63.6 Å². The minimum absolute atomic E-state index is 0.0538. The Morgan fingerprint density at radius 2 is 0.987 bits per heavy atom. The molecule has 9 heterocycles. The molecule has 20 nitrogen and oxygen atoms in total. The van der Waals surface area contributed by atoms with Gasteiger partial charge in [0.25, 0.3) is 0 Å². The molecule has 0 bridgehead atoms. The summed E-state index contributed by atoms with van der Waals surface area (Å²) in [5, 5.41) is 25.1. The molecule has 3 amide bonds. The number of rotatable bonds is 5. The molecule has 6 aromatic heterocycles. The number of halogens is 1. The second-order valence-electron chi connectivity index (χ2n) is 17.9. The zero-order valence-corrected chi connectivity index (χ0v) is 44.4. The Labute approximate surface area is 461 Å². The van der Waals surface area contributed by atoms with E-state index in [-0.39, 0.29) is 35.9 Å². The van der Waals surface area contributed by atoms with Crippen molar-refractivity contribution in [2.45, 2.75) is 75.5 Å². The maximum Gasteiger partial charge on any atom is 0 e. The van der Waals surface area contributed by atoms with Crippen molar-refractivity contribution in [2.24, 2.45) is 4.30 Å². The number of thiol groups is 1. The van der Waals surface area contributed by atoms with Crippen molar-refractivity contribution in [3.8, 4) is 0 Å². The van der Waals surface area contributed by atoms with E-state index in [1.165, 1.54) is 18.6 Å². The zero-order valence-electron chi connectivity index (χ0n) is 41.9. The first kappa shape index (κ1) is 57.3. The van der Waals surface area contributed by atoms with Crippen LogP contribution < -0.4 is 16.0 Å². The molecule has 0 saturated heterocycles. The summed E-state index contributed by atoms with van der Waals surface area (Å²) >= 11 is 6.61. The zero-order chi connectivity index (χ0) is 55.7. The third kappa shape index (κ3) is 11.5. The number of aliphatic hydroxyl groups excluding tert-OH is 1. The number of nitrogens with zero attached hydrogens (tertiary/aromatic N) is 7. The third-order valence-corrected chi connectivity index (χ3v) is 13.8. The summed E-state index contributed by atoms with van der Waals surface area (Å²) in [6.45, 7) is 6.09. The van der Waals surface area contributed by atoms with Crippen molar-refractivity contribution in [1.29, 1.82) is 0 Å². The first-order valence-corrected chi connectivity index (χ1v) is 25.1. The summed E-state index contributed by atoms with van der Waals surface area (Å²) in [7, 11) is 14.3. The van der Waals surface area contributed by atoms with E-state index in [4.69, 9.17) is 19.7 Å². The van der Waals surface area contributed by atoms with Gasteiger partial charge in [0.1, 0.15) is 17.5 Å². The molecule has 0 unspecified atom stereocenters. The molecule has 6 aliphatic rings. The fourth-order valence-corrected chi connectivity index (χ4v) is 10.5. The molecular formula is C51H47B4BrN10O10S. The number of carboxylic acids is 1. The number of hydrogen-bond donors (Lipinski definition) is 6. The maximum atomic E-state index is 12.7. The number of carboxylic acid groups (broad SMARTS) is 1. The first-order valence-electron chi connectivity index (χ1n) is 23.9. The van der Waals surface area contributed by atoms with Gasteiger partial charge in [0.15, 0.2) is 0 Å². The van der Waals surface area contributed by atoms with E-state index in [2.05, 4.69) is 102 Å². The Bertz CT molecular complexity index is 3310. The predicted molar refractivity (Wildman–Crippen MR) is 292 cm³/mol. The molecule has 12 rings (SSSR count). The van der Waals surface area contributed by atoms with Crippen molar-refractivity contribution in [3.05, 3.63) is 157 Å². The number of aliphatic hydroxyl groups is 1. The minimum Gasteiger partial charge on any atom is 0 e. The topological polar surface area (TPSA) is 287 Å². The number of ether oxygens (including phenoxy) is 2. The van der Waals surface area contributed by atoms with Gasteiger partial charge in [-0.3, -0.25) is 29.3 Å². The van der Waals surface area contributed by atoms with Crippen LogP contribution in [0.1, 0.15) is 102 Å². The monoisotopic (exact) mass is 1110 g/mol. The van der Waals surface area contributed by atoms with Gasteiger partial charge in [-0.05, 0) is 109 Å². The second kappa shape index (κ2) is 24.7. The Kier molecular flexibility index (Phi) is 18.4. The molecule has 3 aliphatic heterocycles. The number of aromatic carboxylic acids is 1. The summed E-state index contributed by atoms with van der Waals surface area (Å²) in [6, 6.07) is 14.6. The first-order chi connectivity index (χ1) is 37.0. The van der Waals surface area contributed by atoms with Gasteiger partial charge < -0.3 is 35.6 Å². The van der Waals surface area contributed by atoms with Crippen LogP contribution in [0.3, 0.4) is 0 Å². The molecule has 3 aliphatic carbocycles. The number of aromatic nitrogens is 6. The van der Waals surface area contributed by atoms with E-state index < -0.39 is 28.2 Å². The summed E-state index contributed by atoms with van der Waals surface area (Å²) in [5.41, 5.74) is 6.69. The predicted octanol–water partition coefficient (Wildman–Crippen LogP) is 4.25. The number of nitrogens with one attached hydrogen (secondary N) is 3. The maximum absolute atomic E-state index is 12.7. The molecule has 0 aromatic carbocycles. The Hall–Kier alpha value is -7.43. The number of carbonyl (C=O) groups excluding carboxylic acids is 5. The van der Waals surface area contributed by atoms with Crippen LogP contribution in [-0.2, 0) is 78.6 Å². The van der Waals surface area contributed by atoms with Crippen LogP contribution in [0, 0.1) is 0 Å². The van der Waals surface area contributed by atoms with Gasteiger partial charge in [0.05, 0.1) is 46.1 Å². The average Bonchev–Trinajstić information content (AvgIpc) is 4.42. The molecule has 6 radical (unpaired) electrons. The fourth-order valence-electron chi connectivity index (χ4n) is 10.1. The van der Waals surface area contributed by atoms with Crippen molar-refractivity contribution in [3.63, 3.8) is 0 Å². The SMILES string of the molecule is CCO.CCOC(=O)c1cnc2c(c1)C[C@@]1(C2)C(=O)Nc2ncc(Br)cc21.CCOC(=O)c1cnc2c(c1)C[C@@]1(C2)C(=O)Nc2ncccc21.O=C(O)c1cnc2c(c1)C[C@@]1(C2)C(=O)Nc2ncccc21.[B]=NS.[B][B][B]. The summed E-state index contributed by atoms with van der Waals surface area (Å²) in [4.78, 5) is 98.2. The fraction of sp³-hybridized carbons (Fsp3) is 0.294. The second-order valence-corrected chi connectivity index (χ2v) is 19.0. The molecule has 77 heavy (non-hydrogen) atoms. The molecule has 6 aromatic rings. The van der Waals surface area contributed by atoms with Crippen LogP contribution in [0.15, 0.2) is 94.5 Å². The smallest absolute Gasteiger partial charge is 0 e. The number of anilines is 3. The van der Waals surface area contributed by atoms with E-state index >= 15 is 0 Å². The van der Waals surface area contributed by atoms with Gasteiger partial charge in [-0.25, -0.2) is 29.3 Å². The van der Waals surface area contributed by atoms with Crippen LogP contribution in [0.5, 0.6) is 0 Å². The van der Waals surface area contributed by atoms with Gasteiger partial charge in [0.2, 0.25) is 17.7 Å². The van der Waals surface area contributed by atoms with Crippen molar-refractivity contribution in [1.82, 2.24) is 29.9 Å². The Morgan fingerprint density at radius 3 is 1.36 bits per heavy atom. The number of fused-ring (bicyclic) bond motifs is 9. The Balaban J connectivity index is 0.000000156. The van der Waals surface area contributed by atoms with Crippen LogP contribution in [0.2, 0.25) is 0 Å². The number of esters is 2. The number of hydrogen-bond acceptors (Lipinski definition) is 17. The van der Waals surface area contributed by atoms with Gasteiger partial charge in [-0.15, -0.1) is 0 Å². The van der Waals surface area contributed by atoms with Crippen LogP contribution >= 0.6 is 28.7 Å². The van der Waals surface area contributed by atoms with Crippen molar-refractivity contribution < 1.29 is 48.5 Å². The standard InChI is InChI=1S/C17H14BrN3O3.C17H15N3O3.C15H11N3O3.C2H6O.B3.BHNS/c1-2-24-15(22)10-3-9-5-17(6-13(9)19-7-10)12-4-11(18)8-20-14(12)21-16(17)23;1-2-23-15(21)11-6-10-7-17(8-13(10)19-9-11)12-4-3-5-18-14(12)20-16(17)22;19-13(20)9-4-8-5-15(6-11(8)17-7-9)10-2-1-3-16-12(10)18-14(15)21;1-2-3;1-3-2;1-2-3/h3-4,7-8H,2,5-6H2,1H3,(H,20,21,23);3-6,9H,2,7-8H2,1H3,(H,18,20,22);1-4,7H,5-6H2,(H,19,20)(H,16,18,21);3H,2H2,1H3;;3H/t2*17-;15-;;;/m000.../s1. The molecule has 0 saturated carbocycles. The number of amides is 3. The molecule has 5 N–H and O–H groups in total. The number of pyridine rings is 6. The molecular weight excluding hydrogens is 1070 g/mol. The average molecular weight is 1120 g/mol. The summed E-state index contributed by atoms with van der Waals surface area (Å²) in [5.74, 6) is -0.196. The third-order valence-electron chi connectivity index (χ3n) is 13.3. The van der Waals surface area contributed by atoms with Crippen molar-refractivity contribution >= 4 is 112 Å². The van der Waals surface area contributed by atoms with E-state index in [0.717, 1.165) is 62.0 Å². The van der Waals surface area contributed by atoms with E-state index in [1.807, 2.05) is 24.3 Å². The molecule has 386 valence electrons. The molecule has 3 atom stereocenters. The normalized spacial score (nSPS) is 19.3. The van der Waals surface area contributed by atoms with Crippen LogP contribution in [0.25, 0.3) is 0 Å². The van der Waals surface area contributed by atoms with Gasteiger partial charge >= 0.3 is 42.7 Å². The van der Waals surface area contributed by atoms with Gasteiger partial charge in [0, 0.05) is 124 Å². The summed E-state index contributed by atoms with van der Waals surface area (Å²) < 4.78 is 13.6. The minimum atomic E-state index is -1.01. The summed E-state index contributed by atoms with van der Waals surface area (Å²) in [6.07, 6.45) is 12.3. The van der Waals surface area contributed by atoms with Gasteiger partial charge in [-0.1, -0.05) is 12.1 Å². The van der Waals surface area contributed by atoms with Gasteiger partial charge in [-0.2, -0.15) is 0 Å². The van der Waals surface area contributed by atoms with E-state index in [0.29, 0.717) is 80.3 Å². The Morgan fingerprint density at radius 1 is 0.636 bits per heavy atom. The van der Waals surface area contributed by atoms with Crippen molar-refractivity contribution in [2.75, 3.05) is 35.8 Å². The molecule has 3 spiro atoms.